The van der Waals surface area contributed by atoms with Gasteiger partial charge in [0, 0.05) is 12.0 Å². The number of aliphatic hydroxyl groups is 1. The van der Waals surface area contributed by atoms with Gasteiger partial charge in [-0.2, -0.15) is 5.26 Å². The van der Waals surface area contributed by atoms with Crippen LogP contribution in [0.4, 0.5) is 0 Å². The lowest BCUT2D eigenvalue weighted by Crippen LogP contribution is -2.02. The molecule has 0 bridgehead atoms. The molecular weight excluding hydrogens is 218 g/mol. The number of nitriles is 1. The third-order valence-corrected chi connectivity index (χ3v) is 2.11. The number of carbonyl (C=O) groups is 1. The highest BCUT2D eigenvalue weighted by Crippen LogP contribution is 2.20. The molecule has 86 valence electrons. The Labute approximate surface area is 98.7 Å². The van der Waals surface area contributed by atoms with Crippen LogP contribution in [-0.4, -0.2) is 16.2 Å². The highest BCUT2D eigenvalue weighted by atomic mass is 16.4. The van der Waals surface area contributed by atoms with E-state index in [4.69, 9.17) is 15.5 Å². The van der Waals surface area contributed by atoms with Gasteiger partial charge in [0.15, 0.2) is 0 Å². The molecule has 0 fully saturated rings. The van der Waals surface area contributed by atoms with E-state index >= 15 is 0 Å². The quantitative estimate of drug-likeness (QED) is 0.613. The number of aliphatic carboxylic acids is 1. The standard InChI is InChI=1S/C13H11NO3/c1-9(15)6-7-12(13(16)17)11-5-3-2-4-10(11)8-14/h2-5,7,15H,1,6H2,(H,16,17). The van der Waals surface area contributed by atoms with Crippen molar-refractivity contribution in [1.82, 2.24) is 0 Å². The molecule has 1 aromatic carbocycles. The van der Waals surface area contributed by atoms with Crippen LogP contribution in [0.2, 0.25) is 0 Å². The van der Waals surface area contributed by atoms with Crippen LogP contribution in [0.25, 0.3) is 5.57 Å². The van der Waals surface area contributed by atoms with E-state index in [0.29, 0.717) is 5.56 Å². The summed E-state index contributed by atoms with van der Waals surface area (Å²) in [6.07, 6.45) is 1.38. The summed E-state index contributed by atoms with van der Waals surface area (Å²) < 4.78 is 0. The Morgan fingerprint density at radius 2 is 2.06 bits per heavy atom. The summed E-state index contributed by atoms with van der Waals surface area (Å²) in [7, 11) is 0. The molecule has 0 spiro atoms. The first-order chi connectivity index (χ1) is 8.06. The largest absolute Gasteiger partial charge is 0.513 e. The second-order valence-electron chi connectivity index (χ2n) is 3.35. The second kappa shape index (κ2) is 5.52. The Hall–Kier alpha value is -2.54. The Balaban J connectivity index is 3.24. The topological polar surface area (TPSA) is 81.3 Å². The predicted molar refractivity (Wildman–Crippen MR) is 63.2 cm³/mol. The first kappa shape index (κ1) is 12.5. The van der Waals surface area contributed by atoms with Gasteiger partial charge in [-0.25, -0.2) is 4.79 Å². The van der Waals surface area contributed by atoms with Crippen LogP contribution in [0, 0.1) is 11.3 Å². The van der Waals surface area contributed by atoms with Gasteiger partial charge < -0.3 is 10.2 Å². The minimum absolute atomic E-state index is 0.0163. The fraction of sp³-hybridized carbons (Fsp3) is 0.0769. The molecule has 1 aromatic rings. The third-order valence-electron chi connectivity index (χ3n) is 2.11. The molecule has 0 heterocycles. The number of hydrogen-bond donors (Lipinski definition) is 2. The van der Waals surface area contributed by atoms with Crippen molar-refractivity contribution in [2.75, 3.05) is 0 Å². The maximum Gasteiger partial charge on any atom is 0.336 e. The van der Waals surface area contributed by atoms with E-state index in [-0.39, 0.29) is 23.3 Å². The van der Waals surface area contributed by atoms with Gasteiger partial charge in [0.2, 0.25) is 0 Å². The normalized spacial score (nSPS) is 10.6. The monoisotopic (exact) mass is 229 g/mol. The van der Waals surface area contributed by atoms with Gasteiger partial charge in [-0.05, 0) is 6.07 Å². The van der Waals surface area contributed by atoms with Gasteiger partial charge in [0.1, 0.15) is 0 Å². The number of benzene rings is 1. The second-order valence-corrected chi connectivity index (χ2v) is 3.35. The maximum atomic E-state index is 11.1. The van der Waals surface area contributed by atoms with Gasteiger partial charge >= 0.3 is 5.97 Å². The van der Waals surface area contributed by atoms with Gasteiger partial charge in [-0.15, -0.1) is 0 Å². The smallest absolute Gasteiger partial charge is 0.336 e. The van der Waals surface area contributed by atoms with Crippen molar-refractivity contribution in [2.45, 2.75) is 6.42 Å². The predicted octanol–water partition coefficient (Wildman–Crippen LogP) is 2.49. The lowest BCUT2D eigenvalue weighted by atomic mass is 9.99. The van der Waals surface area contributed by atoms with E-state index in [1.807, 2.05) is 6.07 Å². The molecule has 17 heavy (non-hydrogen) atoms. The van der Waals surface area contributed by atoms with E-state index in [1.54, 1.807) is 24.3 Å². The molecule has 0 radical (unpaired) electrons. The zero-order valence-electron chi connectivity index (χ0n) is 9.05. The number of nitrogens with zero attached hydrogens (tertiary/aromatic N) is 1. The van der Waals surface area contributed by atoms with Crippen LogP contribution >= 0.6 is 0 Å². The fourth-order valence-electron chi connectivity index (χ4n) is 1.35. The van der Waals surface area contributed by atoms with Crippen molar-refractivity contribution in [1.29, 1.82) is 5.26 Å². The van der Waals surface area contributed by atoms with Crippen molar-refractivity contribution >= 4 is 11.5 Å². The summed E-state index contributed by atoms with van der Waals surface area (Å²) in [4.78, 5) is 11.1. The highest BCUT2D eigenvalue weighted by Gasteiger charge is 2.13. The van der Waals surface area contributed by atoms with E-state index in [2.05, 4.69) is 6.58 Å². The molecule has 0 aliphatic rings. The summed E-state index contributed by atoms with van der Waals surface area (Å²) in [6, 6.07) is 8.34. The Morgan fingerprint density at radius 1 is 1.41 bits per heavy atom. The minimum atomic E-state index is -1.14. The van der Waals surface area contributed by atoms with Crippen molar-refractivity contribution in [3.63, 3.8) is 0 Å². The van der Waals surface area contributed by atoms with Gasteiger partial charge in [0.25, 0.3) is 0 Å². The summed E-state index contributed by atoms with van der Waals surface area (Å²) >= 11 is 0. The Bertz CT molecular complexity index is 524. The molecule has 0 atom stereocenters. The molecule has 0 aliphatic heterocycles. The summed E-state index contributed by atoms with van der Waals surface area (Å²) in [6.45, 7) is 3.28. The van der Waals surface area contributed by atoms with E-state index in [1.165, 1.54) is 6.08 Å². The Morgan fingerprint density at radius 3 is 2.59 bits per heavy atom. The molecule has 0 saturated carbocycles. The van der Waals surface area contributed by atoms with Crippen molar-refractivity contribution in [3.05, 3.63) is 53.8 Å². The first-order valence-electron chi connectivity index (χ1n) is 4.86. The molecule has 2 N–H and O–H groups in total. The summed E-state index contributed by atoms with van der Waals surface area (Å²) in [5, 5.41) is 26.9. The van der Waals surface area contributed by atoms with E-state index in [9.17, 15) is 4.79 Å². The number of rotatable bonds is 4. The first-order valence-corrected chi connectivity index (χ1v) is 4.86. The number of allylic oxidation sites excluding steroid dienone is 1. The molecule has 0 unspecified atom stereocenters. The van der Waals surface area contributed by atoms with Crippen LogP contribution in [0.3, 0.4) is 0 Å². The van der Waals surface area contributed by atoms with Crippen molar-refractivity contribution in [2.24, 2.45) is 0 Å². The molecule has 0 aromatic heterocycles. The van der Waals surface area contributed by atoms with Crippen molar-refractivity contribution < 1.29 is 15.0 Å². The molecule has 4 heteroatoms. The van der Waals surface area contributed by atoms with Crippen LogP contribution in [0.5, 0.6) is 0 Å². The van der Waals surface area contributed by atoms with Crippen LogP contribution in [-0.2, 0) is 4.79 Å². The minimum Gasteiger partial charge on any atom is -0.513 e. The SMILES string of the molecule is C=C(O)CC=C(C(=O)O)c1ccccc1C#N. The molecule has 1 rings (SSSR count). The average molecular weight is 229 g/mol. The Kier molecular flexibility index (Phi) is 4.07. The molecule has 0 saturated heterocycles. The van der Waals surface area contributed by atoms with Crippen LogP contribution < -0.4 is 0 Å². The van der Waals surface area contributed by atoms with Crippen LogP contribution in [0.1, 0.15) is 17.5 Å². The molecular formula is C13H11NO3. The van der Waals surface area contributed by atoms with Crippen LogP contribution in [0.15, 0.2) is 42.7 Å². The maximum absolute atomic E-state index is 11.1. The van der Waals surface area contributed by atoms with Gasteiger partial charge in [-0.1, -0.05) is 30.9 Å². The zero-order valence-corrected chi connectivity index (χ0v) is 9.05. The molecule has 0 aliphatic carbocycles. The highest BCUT2D eigenvalue weighted by molar-refractivity contribution is 6.16. The van der Waals surface area contributed by atoms with E-state index in [0.717, 1.165) is 0 Å². The lowest BCUT2D eigenvalue weighted by molar-refractivity contribution is -0.130. The average Bonchev–Trinajstić information content (AvgIpc) is 2.29. The molecule has 4 nitrogen and oxygen atoms in total. The number of carboxylic acid groups (broad SMARTS) is 1. The number of aliphatic hydroxyl groups excluding tert-OH is 1. The lowest BCUT2D eigenvalue weighted by Gasteiger charge is -2.04. The van der Waals surface area contributed by atoms with Gasteiger partial charge in [-0.3, -0.25) is 0 Å². The number of hydrogen-bond acceptors (Lipinski definition) is 3. The van der Waals surface area contributed by atoms with Crippen molar-refractivity contribution in [3.8, 4) is 6.07 Å². The fourth-order valence-corrected chi connectivity index (χ4v) is 1.35. The van der Waals surface area contributed by atoms with E-state index < -0.39 is 5.97 Å². The third kappa shape index (κ3) is 3.21. The van der Waals surface area contributed by atoms with Gasteiger partial charge in [0.05, 0.1) is 23.0 Å². The zero-order chi connectivity index (χ0) is 12.8. The molecule has 0 amide bonds. The number of carboxylic acids is 1. The summed E-state index contributed by atoms with van der Waals surface area (Å²) in [5.74, 6) is -1.27. The summed E-state index contributed by atoms with van der Waals surface area (Å²) in [5.41, 5.74) is 0.603.